The fraction of sp³-hybridized carbons (Fsp3) is 0.500. The summed E-state index contributed by atoms with van der Waals surface area (Å²) in [6.45, 7) is 4.65. The molecule has 0 heterocycles. The Morgan fingerprint density at radius 2 is 2.26 bits per heavy atom. The molecule has 0 aliphatic carbocycles. The molecule has 19 heavy (non-hydrogen) atoms. The Bertz CT molecular complexity index is 422. The average molecular weight is 329 g/mol. The Labute approximate surface area is 122 Å². The van der Waals surface area contributed by atoms with Gasteiger partial charge in [0.2, 0.25) is 0 Å². The van der Waals surface area contributed by atoms with Gasteiger partial charge in [-0.25, -0.2) is 0 Å². The summed E-state index contributed by atoms with van der Waals surface area (Å²) in [6.07, 6.45) is 1.63. The summed E-state index contributed by atoms with van der Waals surface area (Å²) in [4.78, 5) is 11.5. The highest BCUT2D eigenvalue weighted by atomic mass is 79.9. The molecule has 1 atom stereocenters. The zero-order chi connectivity index (χ0) is 14.3. The Morgan fingerprint density at radius 1 is 1.53 bits per heavy atom. The molecule has 1 aromatic carbocycles. The van der Waals surface area contributed by atoms with E-state index in [0.29, 0.717) is 18.7 Å². The molecule has 0 fully saturated rings. The highest BCUT2D eigenvalue weighted by molar-refractivity contribution is 9.10. The van der Waals surface area contributed by atoms with E-state index in [-0.39, 0.29) is 18.6 Å². The lowest BCUT2D eigenvalue weighted by Crippen LogP contribution is -2.29. The molecule has 1 unspecified atom stereocenters. The number of nitrogens with two attached hydrogens (primary N) is 1. The molecule has 4 nitrogen and oxygen atoms in total. The molecule has 1 amide bonds. The Kier molecular flexibility index (Phi) is 6.87. The lowest BCUT2D eigenvalue weighted by atomic mass is 10.1. The highest BCUT2D eigenvalue weighted by Gasteiger charge is 2.11. The van der Waals surface area contributed by atoms with E-state index in [2.05, 4.69) is 21.2 Å². The van der Waals surface area contributed by atoms with Crippen LogP contribution in [0.4, 0.5) is 0 Å². The first-order valence-electron chi connectivity index (χ1n) is 6.47. The number of carbonyl (C=O) groups is 1. The van der Waals surface area contributed by atoms with Crippen LogP contribution in [-0.2, 0) is 11.2 Å². The molecule has 0 aliphatic rings. The first kappa shape index (κ1) is 16.0. The second-order valence-corrected chi connectivity index (χ2v) is 5.40. The minimum Gasteiger partial charge on any atom is -0.482 e. The minimum atomic E-state index is -0.107. The summed E-state index contributed by atoms with van der Waals surface area (Å²) in [7, 11) is 0. The van der Waals surface area contributed by atoms with Crippen LogP contribution in [0.15, 0.2) is 22.7 Å². The van der Waals surface area contributed by atoms with E-state index in [1.807, 2.05) is 32.0 Å². The third kappa shape index (κ3) is 5.61. The van der Waals surface area contributed by atoms with Crippen LogP contribution in [0, 0.1) is 0 Å². The molecule has 0 saturated carbocycles. The SMILES string of the molecule is CCCNC(=O)COc1c(Br)cccc1CC(C)N. The van der Waals surface area contributed by atoms with Gasteiger partial charge in [-0.05, 0) is 47.3 Å². The number of benzene rings is 1. The van der Waals surface area contributed by atoms with E-state index in [1.54, 1.807) is 0 Å². The normalized spacial score (nSPS) is 12.0. The third-order valence-corrected chi connectivity index (χ3v) is 3.13. The number of halogens is 1. The van der Waals surface area contributed by atoms with Crippen molar-refractivity contribution in [2.75, 3.05) is 13.2 Å². The Hall–Kier alpha value is -1.07. The maximum Gasteiger partial charge on any atom is 0.257 e. The highest BCUT2D eigenvalue weighted by Crippen LogP contribution is 2.29. The van der Waals surface area contributed by atoms with Crippen LogP contribution < -0.4 is 15.8 Å². The van der Waals surface area contributed by atoms with Gasteiger partial charge in [0.1, 0.15) is 5.75 Å². The molecule has 0 aliphatic heterocycles. The molecule has 1 aromatic rings. The fourth-order valence-corrected chi connectivity index (χ4v) is 2.20. The molecule has 106 valence electrons. The lowest BCUT2D eigenvalue weighted by molar-refractivity contribution is -0.123. The molecule has 3 N–H and O–H groups in total. The van der Waals surface area contributed by atoms with Gasteiger partial charge in [-0.15, -0.1) is 0 Å². The summed E-state index contributed by atoms with van der Waals surface area (Å²) in [5, 5.41) is 2.78. The van der Waals surface area contributed by atoms with Gasteiger partial charge in [-0.3, -0.25) is 4.79 Å². The van der Waals surface area contributed by atoms with Crippen LogP contribution in [-0.4, -0.2) is 25.1 Å². The molecule has 0 saturated heterocycles. The van der Waals surface area contributed by atoms with Crippen LogP contribution in [0.1, 0.15) is 25.8 Å². The van der Waals surface area contributed by atoms with Gasteiger partial charge in [0.05, 0.1) is 4.47 Å². The number of carbonyl (C=O) groups excluding carboxylic acids is 1. The van der Waals surface area contributed by atoms with Crippen LogP contribution in [0.2, 0.25) is 0 Å². The lowest BCUT2D eigenvalue weighted by Gasteiger charge is -2.14. The second kappa shape index (κ2) is 8.17. The van der Waals surface area contributed by atoms with Gasteiger partial charge in [0.15, 0.2) is 6.61 Å². The Balaban J connectivity index is 2.68. The maximum atomic E-state index is 11.5. The molecule has 0 radical (unpaired) electrons. The van der Waals surface area contributed by atoms with Crippen molar-refractivity contribution in [3.05, 3.63) is 28.2 Å². The number of ether oxygens (including phenoxy) is 1. The van der Waals surface area contributed by atoms with Crippen molar-refractivity contribution in [2.45, 2.75) is 32.7 Å². The Morgan fingerprint density at radius 3 is 2.89 bits per heavy atom. The standard InChI is InChI=1S/C14H21BrN2O2/c1-3-7-17-13(18)9-19-14-11(8-10(2)16)5-4-6-12(14)15/h4-6,10H,3,7-9,16H2,1-2H3,(H,17,18). The summed E-state index contributed by atoms with van der Waals surface area (Å²) < 4.78 is 6.45. The molecular weight excluding hydrogens is 308 g/mol. The van der Waals surface area contributed by atoms with Gasteiger partial charge < -0.3 is 15.8 Å². The minimum absolute atomic E-state index is 0.0224. The van der Waals surface area contributed by atoms with E-state index in [4.69, 9.17) is 10.5 Å². The van der Waals surface area contributed by atoms with Gasteiger partial charge in [-0.2, -0.15) is 0 Å². The summed E-state index contributed by atoms with van der Waals surface area (Å²) in [5.41, 5.74) is 6.82. The first-order chi connectivity index (χ1) is 9.04. The smallest absolute Gasteiger partial charge is 0.257 e. The molecular formula is C14H21BrN2O2. The zero-order valence-electron chi connectivity index (χ0n) is 11.4. The summed E-state index contributed by atoms with van der Waals surface area (Å²) >= 11 is 3.44. The van der Waals surface area contributed by atoms with E-state index in [1.165, 1.54) is 0 Å². The molecule has 0 spiro atoms. The maximum absolute atomic E-state index is 11.5. The quantitative estimate of drug-likeness (QED) is 0.806. The second-order valence-electron chi connectivity index (χ2n) is 4.55. The number of hydrogen-bond acceptors (Lipinski definition) is 3. The van der Waals surface area contributed by atoms with Gasteiger partial charge in [0.25, 0.3) is 5.91 Å². The van der Waals surface area contributed by atoms with Gasteiger partial charge in [0, 0.05) is 12.6 Å². The van der Waals surface area contributed by atoms with Crippen LogP contribution >= 0.6 is 15.9 Å². The van der Waals surface area contributed by atoms with Crippen LogP contribution in [0.25, 0.3) is 0 Å². The van der Waals surface area contributed by atoms with Gasteiger partial charge >= 0.3 is 0 Å². The van der Waals surface area contributed by atoms with Crippen molar-refractivity contribution in [1.29, 1.82) is 0 Å². The third-order valence-electron chi connectivity index (χ3n) is 2.51. The number of para-hydroxylation sites is 1. The van der Waals surface area contributed by atoms with Crippen molar-refractivity contribution in [3.8, 4) is 5.75 Å². The number of nitrogens with one attached hydrogen (secondary N) is 1. The van der Waals surface area contributed by atoms with Crippen molar-refractivity contribution < 1.29 is 9.53 Å². The number of amides is 1. The van der Waals surface area contributed by atoms with E-state index in [0.717, 1.165) is 16.5 Å². The summed E-state index contributed by atoms with van der Waals surface area (Å²) in [5.74, 6) is 0.593. The number of hydrogen-bond donors (Lipinski definition) is 2. The predicted molar refractivity (Wildman–Crippen MR) is 80.3 cm³/mol. The fourth-order valence-electron chi connectivity index (χ4n) is 1.68. The van der Waals surface area contributed by atoms with Crippen molar-refractivity contribution >= 4 is 21.8 Å². The van der Waals surface area contributed by atoms with E-state index in [9.17, 15) is 4.79 Å². The molecule has 0 aromatic heterocycles. The zero-order valence-corrected chi connectivity index (χ0v) is 13.0. The van der Waals surface area contributed by atoms with Crippen molar-refractivity contribution in [2.24, 2.45) is 5.73 Å². The van der Waals surface area contributed by atoms with Crippen LogP contribution in [0.5, 0.6) is 5.75 Å². The topological polar surface area (TPSA) is 64.3 Å². The molecule has 1 rings (SSSR count). The van der Waals surface area contributed by atoms with Gasteiger partial charge in [-0.1, -0.05) is 19.1 Å². The largest absolute Gasteiger partial charge is 0.482 e. The van der Waals surface area contributed by atoms with E-state index >= 15 is 0 Å². The molecule has 0 bridgehead atoms. The van der Waals surface area contributed by atoms with Crippen molar-refractivity contribution in [3.63, 3.8) is 0 Å². The van der Waals surface area contributed by atoms with Crippen LogP contribution in [0.3, 0.4) is 0 Å². The predicted octanol–water partition coefficient (Wildman–Crippen LogP) is 2.24. The van der Waals surface area contributed by atoms with Crippen molar-refractivity contribution in [1.82, 2.24) is 5.32 Å². The molecule has 5 heteroatoms. The first-order valence-corrected chi connectivity index (χ1v) is 7.26. The summed E-state index contributed by atoms with van der Waals surface area (Å²) in [6, 6.07) is 5.84. The van der Waals surface area contributed by atoms with E-state index < -0.39 is 0 Å². The number of rotatable bonds is 7. The monoisotopic (exact) mass is 328 g/mol. The average Bonchev–Trinajstić information content (AvgIpc) is 2.35.